The minimum Gasteiger partial charge on any atom is -0.322 e. The molecule has 2 aromatic rings. The lowest BCUT2D eigenvalue weighted by Crippen LogP contribution is -2.19. The molecule has 0 unspecified atom stereocenters. The van der Waals surface area contributed by atoms with Gasteiger partial charge >= 0.3 is 0 Å². The molecule has 4 nitrogen and oxygen atoms in total. The fourth-order valence-electron chi connectivity index (χ4n) is 2.17. The Bertz CT molecular complexity index is 963. The van der Waals surface area contributed by atoms with E-state index in [-0.39, 0.29) is 11.3 Å². The number of anilines is 2. The molecule has 2 N–H and O–H groups in total. The Morgan fingerprint density at radius 2 is 1.71 bits per heavy atom. The molecule has 2 rings (SSSR count). The lowest BCUT2D eigenvalue weighted by molar-refractivity contribution is -0.112. The van der Waals surface area contributed by atoms with Crippen molar-refractivity contribution in [3.05, 3.63) is 94.8 Å². The highest BCUT2D eigenvalue weighted by Crippen LogP contribution is 2.21. The number of carbonyl (C=O) groups excluding carboxylic acids is 2. The highest BCUT2D eigenvalue weighted by molar-refractivity contribution is 6.30. The molecule has 0 aliphatic heterocycles. The largest absolute Gasteiger partial charge is 0.322 e. The van der Waals surface area contributed by atoms with Crippen molar-refractivity contribution in [1.29, 1.82) is 0 Å². The zero-order valence-corrected chi connectivity index (χ0v) is 16.3. The molecule has 0 aliphatic carbocycles. The van der Waals surface area contributed by atoms with Crippen molar-refractivity contribution < 1.29 is 14.0 Å². The number of amides is 2. The molecule has 0 saturated carbocycles. The SMILES string of the molecule is C=C/C(C)=C\C=C(/C)C(=O)Nc1ccc(F)cc1C(=O)Nc1ccc(Cl)cc1. The maximum absolute atomic E-state index is 13.7. The number of allylic oxidation sites excluding steroid dienone is 4. The second-order valence-electron chi connectivity index (χ2n) is 6.07. The molecule has 0 saturated heterocycles. The van der Waals surface area contributed by atoms with Crippen LogP contribution in [0.3, 0.4) is 0 Å². The van der Waals surface area contributed by atoms with E-state index in [2.05, 4.69) is 17.2 Å². The molecule has 144 valence electrons. The van der Waals surface area contributed by atoms with Gasteiger partial charge in [-0.05, 0) is 56.3 Å². The van der Waals surface area contributed by atoms with Crippen LogP contribution >= 0.6 is 11.6 Å². The van der Waals surface area contributed by atoms with Crippen LogP contribution in [0.25, 0.3) is 0 Å². The van der Waals surface area contributed by atoms with Gasteiger partial charge in [-0.1, -0.05) is 42.0 Å². The van der Waals surface area contributed by atoms with Gasteiger partial charge in [0.1, 0.15) is 5.82 Å². The summed E-state index contributed by atoms with van der Waals surface area (Å²) in [6.45, 7) is 7.14. The van der Waals surface area contributed by atoms with Crippen molar-refractivity contribution in [2.45, 2.75) is 13.8 Å². The standard InChI is InChI=1S/C22H20ClFN2O2/c1-4-14(2)5-6-15(3)21(27)26-20-12-9-17(24)13-19(20)22(28)25-18-10-7-16(23)8-11-18/h4-13H,1H2,2-3H3,(H,25,28)(H,26,27)/b14-5-,15-6+. The number of hydrogen-bond donors (Lipinski definition) is 2. The Morgan fingerprint density at radius 3 is 2.36 bits per heavy atom. The minimum atomic E-state index is -0.587. The Labute approximate surface area is 168 Å². The maximum Gasteiger partial charge on any atom is 0.257 e. The van der Waals surface area contributed by atoms with Crippen LogP contribution in [-0.2, 0) is 4.79 Å². The third kappa shape index (κ3) is 5.93. The fraction of sp³-hybridized carbons (Fsp3) is 0.0909. The van der Waals surface area contributed by atoms with E-state index in [1.165, 1.54) is 12.1 Å². The number of hydrogen-bond acceptors (Lipinski definition) is 2. The molecular weight excluding hydrogens is 379 g/mol. The number of carbonyl (C=O) groups is 2. The molecule has 6 heteroatoms. The van der Waals surface area contributed by atoms with Crippen LogP contribution in [0, 0.1) is 5.82 Å². The van der Waals surface area contributed by atoms with Gasteiger partial charge in [0.25, 0.3) is 11.8 Å². The first-order chi connectivity index (χ1) is 13.3. The van der Waals surface area contributed by atoms with Crippen LogP contribution in [-0.4, -0.2) is 11.8 Å². The van der Waals surface area contributed by atoms with Gasteiger partial charge in [-0.2, -0.15) is 0 Å². The van der Waals surface area contributed by atoms with E-state index in [1.807, 2.05) is 6.92 Å². The predicted octanol–water partition coefficient (Wildman–Crippen LogP) is 5.75. The normalized spacial score (nSPS) is 11.7. The molecule has 0 atom stereocenters. The van der Waals surface area contributed by atoms with Gasteiger partial charge in [0.15, 0.2) is 0 Å². The van der Waals surface area contributed by atoms with E-state index in [0.717, 1.165) is 11.6 Å². The molecule has 28 heavy (non-hydrogen) atoms. The lowest BCUT2D eigenvalue weighted by atomic mass is 10.1. The van der Waals surface area contributed by atoms with Crippen molar-refractivity contribution in [3.8, 4) is 0 Å². The topological polar surface area (TPSA) is 58.2 Å². The Morgan fingerprint density at radius 1 is 1.04 bits per heavy atom. The molecular formula is C22H20ClFN2O2. The van der Waals surface area contributed by atoms with Gasteiger partial charge in [0, 0.05) is 16.3 Å². The average molecular weight is 399 g/mol. The van der Waals surface area contributed by atoms with Gasteiger partial charge < -0.3 is 10.6 Å². The molecule has 2 amide bonds. The van der Waals surface area contributed by atoms with E-state index in [1.54, 1.807) is 49.4 Å². The highest BCUT2D eigenvalue weighted by atomic mass is 35.5. The first-order valence-electron chi connectivity index (χ1n) is 8.45. The van der Waals surface area contributed by atoms with E-state index in [0.29, 0.717) is 16.3 Å². The number of halogens is 2. The van der Waals surface area contributed by atoms with E-state index < -0.39 is 17.6 Å². The molecule has 0 spiro atoms. The molecule has 0 heterocycles. The average Bonchev–Trinajstić information content (AvgIpc) is 2.68. The summed E-state index contributed by atoms with van der Waals surface area (Å²) >= 11 is 5.83. The second kappa shape index (κ2) is 9.67. The lowest BCUT2D eigenvalue weighted by Gasteiger charge is -2.12. The minimum absolute atomic E-state index is 0.00825. The monoisotopic (exact) mass is 398 g/mol. The molecule has 0 bridgehead atoms. The van der Waals surface area contributed by atoms with Crippen molar-refractivity contribution in [2.24, 2.45) is 0 Å². The van der Waals surface area contributed by atoms with Gasteiger partial charge in [-0.3, -0.25) is 9.59 Å². The zero-order chi connectivity index (χ0) is 20.7. The first kappa shape index (κ1) is 21.1. The van der Waals surface area contributed by atoms with Gasteiger partial charge in [0.05, 0.1) is 11.3 Å². The smallest absolute Gasteiger partial charge is 0.257 e. The van der Waals surface area contributed by atoms with Crippen LogP contribution in [0.1, 0.15) is 24.2 Å². The molecule has 0 aliphatic rings. The highest BCUT2D eigenvalue weighted by Gasteiger charge is 2.15. The number of benzene rings is 2. The summed E-state index contributed by atoms with van der Waals surface area (Å²) in [5.41, 5.74) is 2.03. The fourth-order valence-corrected chi connectivity index (χ4v) is 2.29. The number of rotatable bonds is 6. The summed E-state index contributed by atoms with van der Waals surface area (Å²) in [4.78, 5) is 25.0. The molecule has 0 radical (unpaired) electrons. The maximum atomic E-state index is 13.7. The Balaban J connectivity index is 2.24. The van der Waals surface area contributed by atoms with Crippen molar-refractivity contribution in [2.75, 3.05) is 10.6 Å². The van der Waals surface area contributed by atoms with Crippen LogP contribution in [0.2, 0.25) is 5.02 Å². The summed E-state index contributed by atoms with van der Waals surface area (Å²) in [6.07, 6.45) is 5.06. The third-order valence-electron chi connectivity index (χ3n) is 3.85. The zero-order valence-electron chi connectivity index (χ0n) is 15.6. The summed E-state index contributed by atoms with van der Waals surface area (Å²) in [7, 11) is 0. The molecule has 2 aromatic carbocycles. The molecule has 0 aromatic heterocycles. The van der Waals surface area contributed by atoms with E-state index in [4.69, 9.17) is 11.6 Å². The van der Waals surface area contributed by atoms with Crippen LogP contribution < -0.4 is 10.6 Å². The summed E-state index contributed by atoms with van der Waals surface area (Å²) in [5, 5.41) is 5.82. The quantitative estimate of drug-likeness (QED) is 0.481. The van der Waals surface area contributed by atoms with Crippen molar-refractivity contribution in [1.82, 2.24) is 0 Å². The second-order valence-corrected chi connectivity index (χ2v) is 6.51. The summed E-state index contributed by atoms with van der Waals surface area (Å²) in [5.74, 6) is -1.54. The van der Waals surface area contributed by atoms with Gasteiger partial charge in [-0.15, -0.1) is 0 Å². The van der Waals surface area contributed by atoms with E-state index in [9.17, 15) is 14.0 Å². The van der Waals surface area contributed by atoms with Gasteiger partial charge in [0.2, 0.25) is 0 Å². The summed E-state index contributed by atoms with van der Waals surface area (Å²) < 4.78 is 13.7. The van der Waals surface area contributed by atoms with Crippen LogP contribution in [0.4, 0.5) is 15.8 Å². The Hall–Kier alpha value is -3.18. The van der Waals surface area contributed by atoms with Crippen LogP contribution in [0.5, 0.6) is 0 Å². The predicted molar refractivity (Wildman–Crippen MR) is 112 cm³/mol. The third-order valence-corrected chi connectivity index (χ3v) is 4.10. The van der Waals surface area contributed by atoms with E-state index >= 15 is 0 Å². The van der Waals surface area contributed by atoms with Crippen LogP contribution in [0.15, 0.2) is 78.4 Å². The Kier molecular flexibility index (Phi) is 7.29. The van der Waals surface area contributed by atoms with Crippen molar-refractivity contribution >= 4 is 34.8 Å². The van der Waals surface area contributed by atoms with Gasteiger partial charge in [-0.25, -0.2) is 4.39 Å². The number of nitrogens with one attached hydrogen (secondary N) is 2. The summed E-state index contributed by atoms with van der Waals surface area (Å²) in [6, 6.07) is 10.1. The van der Waals surface area contributed by atoms with Crippen molar-refractivity contribution in [3.63, 3.8) is 0 Å². The molecule has 0 fully saturated rings. The first-order valence-corrected chi connectivity index (χ1v) is 8.83.